The van der Waals surface area contributed by atoms with Crippen molar-refractivity contribution in [2.24, 2.45) is 5.92 Å². The van der Waals surface area contributed by atoms with Gasteiger partial charge in [0, 0.05) is 38.3 Å². The van der Waals surface area contributed by atoms with Crippen LogP contribution in [0, 0.1) is 11.7 Å². The molecule has 3 rings (SSSR count). The first kappa shape index (κ1) is 14.1. The minimum atomic E-state index is -0.293. The van der Waals surface area contributed by atoms with Gasteiger partial charge in [0.25, 0.3) is 0 Å². The van der Waals surface area contributed by atoms with Crippen LogP contribution in [-0.2, 0) is 6.54 Å². The molecule has 1 aromatic rings. The predicted octanol–water partition coefficient (Wildman–Crippen LogP) is 2.67. The molecule has 0 spiro atoms. The van der Waals surface area contributed by atoms with E-state index in [1.54, 1.807) is 6.07 Å². The average molecular weight is 299 g/mol. The van der Waals surface area contributed by atoms with Gasteiger partial charge in [-0.25, -0.2) is 4.39 Å². The lowest BCUT2D eigenvalue weighted by molar-refractivity contribution is 0.226. The summed E-state index contributed by atoms with van der Waals surface area (Å²) in [4.78, 5) is 2.30. The van der Waals surface area contributed by atoms with Crippen LogP contribution < -0.4 is 10.1 Å². The molecule has 1 aliphatic carbocycles. The minimum absolute atomic E-state index is 0.293. The summed E-state index contributed by atoms with van der Waals surface area (Å²) in [5, 5.41) is 3.70. The van der Waals surface area contributed by atoms with E-state index in [0.717, 1.165) is 31.7 Å². The van der Waals surface area contributed by atoms with E-state index in [4.69, 9.17) is 16.3 Å². The molecule has 0 atom stereocenters. The SMILES string of the molecule is Fc1cc(Cl)c(OCC2CC2)c(CN2CCNCC2)c1. The average Bonchev–Trinajstić information content (AvgIpc) is 3.23. The van der Waals surface area contributed by atoms with Crippen LogP contribution in [0.2, 0.25) is 5.02 Å². The van der Waals surface area contributed by atoms with E-state index in [2.05, 4.69) is 10.2 Å². The Hall–Kier alpha value is -0.840. The van der Waals surface area contributed by atoms with E-state index >= 15 is 0 Å². The van der Waals surface area contributed by atoms with Crippen LogP contribution in [0.1, 0.15) is 18.4 Å². The van der Waals surface area contributed by atoms with E-state index in [9.17, 15) is 4.39 Å². The maximum atomic E-state index is 13.6. The number of benzene rings is 1. The molecular formula is C15H20ClFN2O. The normalized spacial score (nSPS) is 20.1. The van der Waals surface area contributed by atoms with Gasteiger partial charge in [-0.05, 0) is 30.9 Å². The first-order valence-corrected chi connectivity index (χ1v) is 7.64. The smallest absolute Gasteiger partial charge is 0.142 e. The van der Waals surface area contributed by atoms with Crippen LogP contribution in [0.4, 0.5) is 4.39 Å². The van der Waals surface area contributed by atoms with Crippen LogP contribution >= 0.6 is 11.6 Å². The van der Waals surface area contributed by atoms with Crippen LogP contribution in [0.15, 0.2) is 12.1 Å². The summed E-state index contributed by atoms with van der Waals surface area (Å²) in [6, 6.07) is 2.89. The number of hydrogen-bond donors (Lipinski definition) is 1. The molecule has 1 aromatic carbocycles. The molecule has 0 aromatic heterocycles. The highest BCUT2D eigenvalue weighted by atomic mass is 35.5. The maximum Gasteiger partial charge on any atom is 0.142 e. The molecule has 0 radical (unpaired) electrons. The summed E-state index contributed by atoms with van der Waals surface area (Å²) in [7, 11) is 0. The number of nitrogens with zero attached hydrogens (tertiary/aromatic N) is 1. The van der Waals surface area contributed by atoms with Gasteiger partial charge in [-0.1, -0.05) is 11.6 Å². The fraction of sp³-hybridized carbons (Fsp3) is 0.600. The minimum Gasteiger partial charge on any atom is -0.491 e. The summed E-state index contributed by atoms with van der Waals surface area (Å²) in [5.74, 6) is 1.03. The quantitative estimate of drug-likeness (QED) is 0.904. The van der Waals surface area contributed by atoms with Gasteiger partial charge in [0.2, 0.25) is 0 Å². The summed E-state index contributed by atoms with van der Waals surface area (Å²) in [6.07, 6.45) is 2.46. The molecule has 0 bridgehead atoms. The standard InChI is InChI=1S/C15H20ClFN2O/c16-14-8-13(17)7-12(9-19-5-3-18-4-6-19)15(14)20-10-11-1-2-11/h7-8,11,18H,1-6,9-10H2. The van der Waals surface area contributed by atoms with Crippen molar-refractivity contribution in [1.29, 1.82) is 0 Å². The molecule has 20 heavy (non-hydrogen) atoms. The number of ether oxygens (including phenoxy) is 1. The molecule has 1 saturated carbocycles. The molecule has 1 saturated heterocycles. The molecule has 110 valence electrons. The second-order valence-electron chi connectivity index (χ2n) is 5.66. The molecule has 1 N–H and O–H groups in total. The maximum absolute atomic E-state index is 13.6. The van der Waals surface area contributed by atoms with Gasteiger partial charge in [-0.15, -0.1) is 0 Å². The van der Waals surface area contributed by atoms with Crippen LogP contribution in [0.3, 0.4) is 0 Å². The van der Waals surface area contributed by atoms with Gasteiger partial charge in [0.15, 0.2) is 0 Å². The Balaban J connectivity index is 1.74. The lowest BCUT2D eigenvalue weighted by atomic mass is 10.1. The molecule has 2 fully saturated rings. The van der Waals surface area contributed by atoms with Crippen LogP contribution in [0.5, 0.6) is 5.75 Å². The van der Waals surface area contributed by atoms with E-state index in [1.807, 2.05) is 0 Å². The molecule has 3 nitrogen and oxygen atoms in total. The topological polar surface area (TPSA) is 24.5 Å². The van der Waals surface area contributed by atoms with Gasteiger partial charge < -0.3 is 10.1 Å². The summed E-state index contributed by atoms with van der Waals surface area (Å²) in [5.41, 5.74) is 0.859. The van der Waals surface area contributed by atoms with Gasteiger partial charge in [0.05, 0.1) is 11.6 Å². The van der Waals surface area contributed by atoms with Crippen molar-refractivity contribution < 1.29 is 9.13 Å². The Morgan fingerprint density at radius 2 is 2.05 bits per heavy atom. The lowest BCUT2D eigenvalue weighted by Crippen LogP contribution is -2.42. The second-order valence-corrected chi connectivity index (χ2v) is 6.06. The molecule has 1 heterocycles. The zero-order chi connectivity index (χ0) is 13.9. The molecule has 2 aliphatic rings. The monoisotopic (exact) mass is 298 g/mol. The van der Waals surface area contributed by atoms with E-state index in [1.165, 1.54) is 18.9 Å². The fourth-order valence-corrected chi connectivity index (χ4v) is 2.77. The first-order chi connectivity index (χ1) is 9.72. The highest BCUT2D eigenvalue weighted by Gasteiger charge is 2.24. The van der Waals surface area contributed by atoms with Crippen LogP contribution in [0.25, 0.3) is 0 Å². The summed E-state index contributed by atoms with van der Waals surface area (Å²) < 4.78 is 19.5. The van der Waals surface area contributed by atoms with Crippen molar-refractivity contribution >= 4 is 11.6 Å². The summed E-state index contributed by atoms with van der Waals surface area (Å²) in [6.45, 7) is 5.27. The Morgan fingerprint density at radius 1 is 1.30 bits per heavy atom. The summed E-state index contributed by atoms with van der Waals surface area (Å²) >= 11 is 6.16. The first-order valence-electron chi connectivity index (χ1n) is 7.26. The van der Waals surface area contributed by atoms with Crippen molar-refractivity contribution in [3.05, 3.63) is 28.5 Å². The number of piperazine rings is 1. The molecule has 0 unspecified atom stereocenters. The van der Waals surface area contributed by atoms with Crippen molar-refractivity contribution in [3.63, 3.8) is 0 Å². The lowest BCUT2D eigenvalue weighted by Gasteiger charge is -2.28. The number of halogens is 2. The Labute approximate surface area is 124 Å². The van der Waals surface area contributed by atoms with Gasteiger partial charge in [-0.2, -0.15) is 0 Å². The zero-order valence-electron chi connectivity index (χ0n) is 11.5. The van der Waals surface area contributed by atoms with E-state index in [0.29, 0.717) is 29.8 Å². The molecule has 0 amide bonds. The third-order valence-corrected chi connectivity index (χ3v) is 4.13. The van der Waals surface area contributed by atoms with Crippen molar-refractivity contribution in [1.82, 2.24) is 10.2 Å². The van der Waals surface area contributed by atoms with Gasteiger partial charge in [0.1, 0.15) is 11.6 Å². The number of hydrogen-bond acceptors (Lipinski definition) is 3. The predicted molar refractivity (Wildman–Crippen MR) is 77.8 cm³/mol. The zero-order valence-corrected chi connectivity index (χ0v) is 12.3. The molecule has 1 aliphatic heterocycles. The highest BCUT2D eigenvalue weighted by Crippen LogP contribution is 2.34. The number of nitrogens with one attached hydrogen (secondary N) is 1. The third-order valence-electron chi connectivity index (χ3n) is 3.85. The van der Waals surface area contributed by atoms with Crippen molar-refractivity contribution in [2.75, 3.05) is 32.8 Å². The number of rotatable bonds is 5. The molecular weight excluding hydrogens is 279 g/mol. The Kier molecular flexibility index (Phi) is 4.44. The second kappa shape index (κ2) is 6.29. The Morgan fingerprint density at radius 3 is 2.75 bits per heavy atom. The third kappa shape index (κ3) is 3.62. The van der Waals surface area contributed by atoms with Crippen molar-refractivity contribution in [3.8, 4) is 5.75 Å². The fourth-order valence-electron chi connectivity index (χ4n) is 2.49. The van der Waals surface area contributed by atoms with E-state index < -0.39 is 0 Å². The van der Waals surface area contributed by atoms with Gasteiger partial charge >= 0.3 is 0 Å². The van der Waals surface area contributed by atoms with Crippen molar-refractivity contribution in [2.45, 2.75) is 19.4 Å². The largest absolute Gasteiger partial charge is 0.491 e. The van der Waals surface area contributed by atoms with E-state index in [-0.39, 0.29) is 5.82 Å². The highest BCUT2D eigenvalue weighted by molar-refractivity contribution is 6.32. The Bertz CT molecular complexity index is 473. The van der Waals surface area contributed by atoms with Crippen LogP contribution in [-0.4, -0.2) is 37.7 Å². The molecule has 5 heteroatoms. The van der Waals surface area contributed by atoms with Gasteiger partial charge in [-0.3, -0.25) is 4.90 Å².